The van der Waals surface area contributed by atoms with Gasteiger partial charge in [0, 0.05) is 6.61 Å². The van der Waals surface area contributed by atoms with Crippen molar-refractivity contribution >= 4 is 5.97 Å². The van der Waals surface area contributed by atoms with Gasteiger partial charge >= 0.3 is 5.97 Å². The summed E-state index contributed by atoms with van der Waals surface area (Å²) < 4.78 is 10.0. The molecule has 0 radical (unpaired) electrons. The summed E-state index contributed by atoms with van der Waals surface area (Å²) in [6.45, 7) is 2.25. The Hall–Kier alpha value is -1.55. The number of carbonyl (C=O) groups is 1. The van der Waals surface area contributed by atoms with Crippen LogP contribution in [0.25, 0.3) is 0 Å². The standard InChI is InChI=1S/C13H18O4/c1-2-16-13(15)10-17-12-7-5-11(6-8-12)4-3-9-14/h5-8,14H,2-4,9-10H2,1H3. The molecule has 1 rings (SSSR count). The maximum atomic E-state index is 11.0. The summed E-state index contributed by atoms with van der Waals surface area (Å²) in [5.74, 6) is 0.280. The Morgan fingerprint density at radius 3 is 2.59 bits per heavy atom. The normalized spacial score (nSPS) is 10.0. The Kier molecular flexibility index (Phi) is 6.10. The van der Waals surface area contributed by atoms with Gasteiger partial charge in [0.25, 0.3) is 0 Å². The van der Waals surface area contributed by atoms with Crippen molar-refractivity contribution in [1.29, 1.82) is 0 Å². The molecule has 4 nitrogen and oxygen atoms in total. The maximum Gasteiger partial charge on any atom is 0.344 e. The molecule has 0 aliphatic rings. The van der Waals surface area contributed by atoms with Crippen molar-refractivity contribution in [2.45, 2.75) is 19.8 Å². The van der Waals surface area contributed by atoms with Crippen molar-refractivity contribution in [3.05, 3.63) is 29.8 Å². The van der Waals surface area contributed by atoms with Gasteiger partial charge in [-0.25, -0.2) is 4.79 Å². The van der Waals surface area contributed by atoms with Crippen LogP contribution in [0.2, 0.25) is 0 Å². The van der Waals surface area contributed by atoms with E-state index < -0.39 is 0 Å². The highest BCUT2D eigenvalue weighted by atomic mass is 16.6. The molecule has 4 heteroatoms. The first kappa shape index (κ1) is 13.5. The highest BCUT2D eigenvalue weighted by Gasteiger charge is 2.02. The van der Waals surface area contributed by atoms with Crippen molar-refractivity contribution < 1.29 is 19.4 Å². The monoisotopic (exact) mass is 238 g/mol. The number of benzene rings is 1. The summed E-state index contributed by atoms with van der Waals surface area (Å²) in [6, 6.07) is 7.48. The summed E-state index contributed by atoms with van der Waals surface area (Å²) in [5, 5.41) is 8.70. The molecule has 0 saturated carbocycles. The molecule has 1 N–H and O–H groups in total. The third-order valence-corrected chi connectivity index (χ3v) is 2.21. The molecule has 0 aromatic heterocycles. The fourth-order valence-corrected chi connectivity index (χ4v) is 1.38. The second-order valence-corrected chi connectivity index (χ2v) is 3.56. The number of aliphatic hydroxyl groups is 1. The predicted molar refractivity (Wildman–Crippen MR) is 64.0 cm³/mol. The number of hydrogen-bond donors (Lipinski definition) is 1. The minimum Gasteiger partial charge on any atom is -0.482 e. The van der Waals surface area contributed by atoms with Crippen LogP contribution >= 0.6 is 0 Å². The zero-order chi connectivity index (χ0) is 12.5. The van der Waals surface area contributed by atoms with Gasteiger partial charge in [-0.1, -0.05) is 12.1 Å². The van der Waals surface area contributed by atoms with Gasteiger partial charge in [-0.05, 0) is 37.5 Å². The zero-order valence-electron chi connectivity index (χ0n) is 10.0. The largest absolute Gasteiger partial charge is 0.482 e. The molecule has 94 valence electrons. The lowest BCUT2D eigenvalue weighted by Crippen LogP contribution is -2.14. The minimum absolute atomic E-state index is 0.0656. The fourth-order valence-electron chi connectivity index (χ4n) is 1.38. The Morgan fingerprint density at radius 1 is 1.29 bits per heavy atom. The Bertz CT molecular complexity index is 332. The van der Waals surface area contributed by atoms with E-state index in [4.69, 9.17) is 14.6 Å². The second-order valence-electron chi connectivity index (χ2n) is 3.56. The summed E-state index contributed by atoms with van der Waals surface area (Å²) >= 11 is 0. The third-order valence-electron chi connectivity index (χ3n) is 2.21. The van der Waals surface area contributed by atoms with Crippen LogP contribution in [0.3, 0.4) is 0 Å². The molecule has 0 saturated heterocycles. The Balaban J connectivity index is 2.37. The molecular weight excluding hydrogens is 220 g/mol. The number of ether oxygens (including phenoxy) is 2. The predicted octanol–water partition coefficient (Wildman–Crippen LogP) is 1.55. The van der Waals surface area contributed by atoms with Crippen molar-refractivity contribution in [3.8, 4) is 5.75 Å². The summed E-state index contributed by atoms with van der Waals surface area (Å²) in [5.41, 5.74) is 1.14. The lowest BCUT2D eigenvalue weighted by atomic mass is 10.1. The van der Waals surface area contributed by atoms with Gasteiger partial charge in [0.1, 0.15) is 5.75 Å². The van der Waals surface area contributed by atoms with E-state index in [1.807, 2.05) is 24.3 Å². The van der Waals surface area contributed by atoms with Crippen molar-refractivity contribution in [1.82, 2.24) is 0 Å². The van der Waals surface area contributed by atoms with Gasteiger partial charge in [-0.2, -0.15) is 0 Å². The SMILES string of the molecule is CCOC(=O)COc1ccc(CCCO)cc1. The molecule has 0 fully saturated rings. The first-order valence-corrected chi connectivity index (χ1v) is 5.74. The van der Waals surface area contributed by atoms with Crippen molar-refractivity contribution in [2.75, 3.05) is 19.8 Å². The van der Waals surface area contributed by atoms with E-state index in [1.165, 1.54) is 0 Å². The highest BCUT2D eigenvalue weighted by molar-refractivity contribution is 5.71. The van der Waals surface area contributed by atoms with Gasteiger partial charge in [-0.15, -0.1) is 0 Å². The molecule has 1 aromatic carbocycles. The van der Waals surface area contributed by atoms with Crippen LogP contribution in [0, 0.1) is 0 Å². The third kappa shape index (κ3) is 5.36. The number of hydrogen-bond acceptors (Lipinski definition) is 4. The van der Waals surface area contributed by atoms with Crippen LogP contribution in [0.4, 0.5) is 0 Å². The number of aryl methyl sites for hydroxylation is 1. The highest BCUT2D eigenvalue weighted by Crippen LogP contribution is 2.13. The lowest BCUT2D eigenvalue weighted by Gasteiger charge is -2.06. The quantitative estimate of drug-likeness (QED) is 0.732. The molecule has 0 bridgehead atoms. The summed E-state index contributed by atoms with van der Waals surface area (Å²) in [4.78, 5) is 11.0. The van der Waals surface area contributed by atoms with Gasteiger partial charge < -0.3 is 14.6 Å². The van der Waals surface area contributed by atoms with Crippen LogP contribution in [0.15, 0.2) is 24.3 Å². The van der Waals surface area contributed by atoms with E-state index in [0.29, 0.717) is 12.4 Å². The number of aliphatic hydroxyl groups excluding tert-OH is 1. The molecule has 0 unspecified atom stereocenters. The first-order chi connectivity index (χ1) is 8.26. The molecule has 0 aliphatic heterocycles. The van der Waals surface area contributed by atoms with Crippen LogP contribution < -0.4 is 4.74 Å². The average Bonchev–Trinajstić information content (AvgIpc) is 2.35. The molecule has 0 heterocycles. The van der Waals surface area contributed by atoms with Crippen LogP contribution in [0.5, 0.6) is 5.75 Å². The summed E-state index contributed by atoms with van der Waals surface area (Å²) in [7, 11) is 0. The van der Waals surface area contributed by atoms with E-state index in [0.717, 1.165) is 18.4 Å². The first-order valence-electron chi connectivity index (χ1n) is 5.74. The van der Waals surface area contributed by atoms with E-state index in [1.54, 1.807) is 6.92 Å². The van der Waals surface area contributed by atoms with Gasteiger partial charge in [-0.3, -0.25) is 0 Å². The van der Waals surface area contributed by atoms with E-state index in [-0.39, 0.29) is 19.2 Å². The van der Waals surface area contributed by atoms with Crippen LogP contribution in [0.1, 0.15) is 18.9 Å². The molecule has 0 aliphatic carbocycles. The van der Waals surface area contributed by atoms with Gasteiger partial charge in [0.2, 0.25) is 0 Å². The molecular formula is C13H18O4. The van der Waals surface area contributed by atoms with E-state index >= 15 is 0 Å². The topological polar surface area (TPSA) is 55.8 Å². The minimum atomic E-state index is -0.364. The van der Waals surface area contributed by atoms with Gasteiger partial charge in [0.15, 0.2) is 6.61 Å². The van der Waals surface area contributed by atoms with Crippen LogP contribution in [-0.4, -0.2) is 30.9 Å². The molecule has 1 aromatic rings. The van der Waals surface area contributed by atoms with Gasteiger partial charge in [0.05, 0.1) is 6.61 Å². The van der Waals surface area contributed by atoms with Crippen LogP contribution in [-0.2, 0) is 16.0 Å². The lowest BCUT2D eigenvalue weighted by molar-refractivity contribution is -0.145. The average molecular weight is 238 g/mol. The Labute approximate surface area is 101 Å². The molecule has 0 atom stereocenters. The van der Waals surface area contributed by atoms with E-state index in [2.05, 4.69) is 0 Å². The van der Waals surface area contributed by atoms with Crippen molar-refractivity contribution in [3.63, 3.8) is 0 Å². The van der Waals surface area contributed by atoms with E-state index in [9.17, 15) is 4.79 Å². The molecule has 0 amide bonds. The Morgan fingerprint density at radius 2 is 2.00 bits per heavy atom. The second kappa shape index (κ2) is 7.68. The number of carbonyl (C=O) groups excluding carboxylic acids is 1. The zero-order valence-corrected chi connectivity index (χ0v) is 10.0. The summed E-state index contributed by atoms with van der Waals surface area (Å²) in [6.07, 6.45) is 1.59. The molecule has 17 heavy (non-hydrogen) atoms. The number of esters is 1. The maximum absolute atomic E-state index is 11.0. The smallest absolute Gasteiger partial charge is 0.344 e. The molecule has 0 spiro atoms. The fraction of sp³-hybridized carbons (Fsp3) is 0.462. The van der Waals surface area contributed by atoms with Crippen molar-refractivity contribution in [2.24, 2.45) is 0 Å². The number of rotatable bonds is 7.